The van der Waals surface area contributed by atoms with Crippen LogP contribution in [-0.2, 0) is 0 Å². The van der Waals surface area contributed by atoms with Gasteiger partial charge in [-0.1, -0.05) is 36.0 Å². The van der Waals surface area contributed by atoms with Gasteiger partial charge in [0.05, 0.1) is 0 Å². The van der Waals surface area contributed by atoms with Gasteiger partial charge in [-0.15, -0.1) is 50.9 Å². The standard InChI is InChI=1S/C8H8Cl4Si2/c1-2-13(9,10)14(11,12)8-6-4-3-5-7-8/h2-7H,1H2. The summed E-state index contributed by atoms with van der Waals surface area (Å²) in [4.78, 5) is 0. The van der Waals surface area contributed by atoms with Crippen LogP contribution in [0.15, 0.2) is 42.6 Å². The lowest BCUT2D eigenvalue weighted by Gasteiger charge is -2.25. The summed E-state index contributed by atoms with van der Waals surface area (Å²) in [5.41, 5.74) is 1.51. The summed E-state index contributed by atoms with van der Waals surface area (Å²) in [5, 5.41) is 0.833. The maximum Gasteiger partial charge on any atom is 0.306 e. The molecule has 1 aromatic carbocycles. The van der Waals surface area contributed by atoms with Crippen molar-refractivity contribution in [2.45, 2.75) is 0 Å². The Morgan fingerprint density at radius 1 is 1.00 bits per heavy atom. The molecule has 0 aliphatic heterocycles. The Bertz CT molecular complexity index is 323. The maximum atomic E-state index is 6.28. The van der Waals surface area contributed by atoms with Crippen molar-refractivity contribution in [2.75, 3.05) is 0 Å². The minimum atomic E-state index is -2.81. The fraction of sp³-hybridized carbons (Fsp3) is 0. The molecular weight excluding hydrogens is 294 g/mol. The molecule has 0 spiro atoms. The minimum Gasteiger partial charge on any atom is -0.141 e. The zero-order valence-electron chi connectivity index (χ0n) is 7.18. The van der Waals surface area contributed by atoms with E-state index < -0.39 is 12.4 Å². The lowest BCUT2D eigenvalue weighted by atomic mass is 10.4. The lowest BCUT2D eigenvalue weighted by Crippen LogP contribution is -2.55. The zero-order chi connectivity index (χ0) is 10.8. The van der Waals surface area contributed by atoms with Gasteiger partial charge in [0.1, 0.15) is 0 Å². The molecule has 0 unspecified atom stereocenters. The molecule has 1 rings (SSSR count). The highest BCUT2D eigenvalue weighted by molar-refractivity contribution is 7.96. The van der Waals surface area contributed by atoms with E-state index in [1.54, 1.807) is 0 Å². The molecule has 0 amide bonds. The Labute approximate surface area is 104 Å². The van der Waals surface area contributed by atoms with Crippen molar-refractivity contribution in [1.82, 2.24) is 0 Å². The molecular formula is C8H8Cl4Si2. The van der Waals surface area contributed by atoms with Crippen LogP contribution in [0.3, 0.4) is 0 Å². The summed E-state index contributed by atoms with van der Waals surface area (Å²) in [6, 6.07) is 9.32. The smallest absolute Gasteiger partial charge is 0.141 e. The number of hydrogen-bond acceptors (Lipinski definition) is 0. The van der Waals surface area contributed by atoms with Gasteiger partial charge in [0.2, 0.25) is 0 Å². The van der Waals surface area contributed by atoms with E-state index in [1.807, 2.05) is 30.3 Å². The van der Waals surface area contributed by atoms with Crippen LogP contribution in [0, 0.1) is 0 Å². The first-order valence-corrected chi connectivity index (χ1v) is 13.0. The average molecular weight is 302 g/mol. The second kappa shape index (κ2) is 4.60. The molecule has 1 aromatic rings. The molecule has 0 radical (unpaired) electrons. The van der Waals surface area contributed by atoms with E-state index in [4.69, 9.17) is 44.3 Å². The van der Waals surface area contributed by atoms with E-state index in [0.717, 1.165) is 5.19 Å². The van der Waals surface area contributed by atoms with Crippen LogP contribution in [0.5, 0.6) is 0 Å². The van der Waals surface area contributed by atoms with Gasteiger partial charge in [-0.25, -0.2) is 0 Å². The molecule has 14 heavy (non-hydrogen) atoms. The zero-order valence-corrected chi connectivity index (χ0v) is 12.2. The van der Waals surface area contributed by atoms with E-state index in [2.05, 4.69) is 6.58 Å². The van der Waals surface area contributed by atoms with Crippen molar-refractivity contribution in [3.63, 3.8) is 0 Å². The minimum absolute atomic E-state index is 0.833. The van der Waals surface area contributed by atoms with Gasteiger partial charge in [0.25, 0.3) is 6.21 Å². The first-order valence-electron chi connectivity index (χ1n) is 3.86. The van der Waals surface area contributed by atoms with Gasteiger partial charge in [-0.05, 0) is 5.19 Å². The fourth-order valence-electron chi connectivity index (χ4n) is 0.968. The van der Waals surface area contributed by atoms with E-state index in [0.29, 0.717) is 0 Å². The molecule has 0 N–H and O–H groups in total. The molecule has 0 heterocycles. The van der Waals surface area contributed by atoms with Gasteiger partial charge in [0.15, 0.2) is 0 Å². The monoisotopic (exact) mass is 300 g/mol. The average Bonchev–Trinajstić information content (AvgIpc) is 2.19. The molecule has 0 atom stereocenters. The third-order valence-corrected chi connectivity index (χ3v) is 24.4. The van der Waals surface area contributed by atoms with Crippen molar-refractivity contribution >= 4 is 61.9 Å². The molecule has 0 saturated carbocycles. The summed E-state index contributed by atoms with van der Waals surface area (Å²) in [7, 11) is 0. The number of rotatable bonds is 3. The second-order valence-electron chi connectivity index (χ2n) is 2.77. The lowest BCUT2D eigenvalue weighted by molar-refractivity contribution is 1.77. The molecule has 0 bridgehead atoms. The Hall–Kier alpha value is 0.554. The van der Waals surface area contributed by atoms with Crippen LogP contribution >= 0.6 is 44.3 Å². The molecule has 76 valence electrons. The van der Waals surface area contributed by atoms with Crippen LogP contribution in [0.4, 0.5) is 0 Å². The van der Waals surface area contributed by atoms with Crippen LogP contribution in [0.25, 0.3) is 0 Å². The Morgan fingerprint density at radius 2 is 1.50 bits per heavy atom. The van der Waals surface area contributed by atoms with E-state index in [9.17, 15) is 0 Å². The topological polar surface area (TPSA) is 0 Å². The molecule has 0 aromatic heterocycles. The van der Waals surface area contributed by atoms with Crippen LogP contribution in [0.1, 0.15) is 0 Å². The van der Waals surface area contributed by atoms with Crippen LogP contribution in [-0.4, -0.2) is 12.4 Å². The number of hydrogen-bond donors (Lipinski definition) is 0. The second-order valence-corrected chi connectivity index (χ2v) is 22.7. The highest BCUT2D eigenvalue weighted by Crippen LogP contribution is 2.34. The highest BCUT2D eigenvalue weighted by Gasteiger charge is 2.52. The van der Waals surface area contributed by atoms with Gasteiger partial charge >= 0.3 is 6.21 Å². The first kappa shape index (κ1) is 12.6. The normalized spacial score (nSPS) is 12.6. The van der Waals surface area contributed by atoms with Crippen LogP contribution < -0.4 is 5.19 Å². The van der Waals surface area contributed by atoms with Crippen molar-refractivity contribution < 1.29 is 0 Å². The predicted octanol–water partition coefficient (Wildman–Crippen LogP) is 3.54. The summed E-state index contributed by atoms with van der Waals surface area (Å²) in [6.07, 6.45) is -5.58. The maximum absolute atomic E-state index is 6.28. The Morgan fingerprint density at radius 3 is 1.93 bits per heavy atom. The summed E-state index contributed by atoms with van der Waals surface area (Å²) >= 11 is 24.8. The third kappa shape index (κ3) is 2.38. The SMILES string of the molecule is C=C[Si](Cl)(Cl)[Si](Cl)(Cl)c1ccccc1. The first-order chi connectivity index (χ1) is 6.42. The molecule has 0 nitrogen and oxygen atoms in total. The third-order valence-electron chi connectivity index (χ3n) is 1.81. The molecule has 0 aliphatic rings. The Kier molecular flexibility index (Phi) is 4.15. The number of halogens is 4. The van der Waals surface area contributed by atoms with Crippen molar-refractivity contribution in [3.8, 4) is 0 Å². The number of benzene rings is 1. The quantitative estimate of drug-likeness (QED) is 0.592. The van der Waals surface area contributed by atoms with E-state index in [1.165, 1.54) is 5.70 Å². The van der Waals surface area contributed by atoms with Crippen molar-refractivity contribution in [3.05, 3.63) is 42.6 Å². The molecule has 0 aliphatic carbocycles. The molecule has 0 saturated heterocycles. The fourth-order valence-corrected chi connectivity index (χ4v) is 8.75. The van der Waals surface area contributed by atoms with Crippen molar-refractivity contribution in [1.29, 1.82) is 0 Å². The molecule has 0 fully saturated rings. The summed E-state index contributed by atoms with van der Waals surface area (Å²) < 4.78 is 0. The predicted molar refractivity (Wildman–Crippen MR) is 71.2 cm³/mol. The van der Waals surface area contributed by atoms with Crippen molar-refractivity contribution in [2.24, 2.45) is 0 Å². The van der Waals surface area contributed by atoms with Gasteiger partial charge in [-0.3, -0.25) is 0 Å². The van der Waals surface area contributed by atoms with Crippen LogP contribution in [0.2, 0.25) is 0 Å². The van der Waals surface area contributed by atoms with Gasteiger partial charge in [0, 0.05) is 0 Å². The van der Waals surface area contributed by atoms with Gasteiger partial charge in [-0.2, -0.15) is 0 Å². The van der Waals surface area contributed by atoms with E-state index >= 15 is 0 Å². The Balaban J connectivity index is 3.14. The van der Waals surface area contributed by atoms with Gasteiger partial charge < -0.3 is 0 Å². The summed E-state index contributed by atoms with van der Waals surface area (Å²) in [6.45, 7) is 3.59. The summed E-state index contributed by atoms with van der Waals surface area (Å²) in [5.74, 6) is 0. The van der Waals surface area contributed by atoms with E-state index in [-0.39, 0.29) is 0 Å². The molecule has 6 heteroatoms. The largest absolute Gasteiger partial charge is 0.306 e. The highest BCUT2D eigenvalue weighted by atomic mass is 35.8.